The Hall–Kier alpha value is -7.12. The molecule has 5 heterocycles. The van der Waals surface area contributed by atoms with Crippen molar-refractivity contribution in [1.82, 2.24) is 19.9 Å². The van der Waals surface area contributed by atoms with Gasteiger partial charge >= 0.3 is 0 Å². The highest BCUT2D eigenvalue weighted by molar-refractivity contribution is 6.00. The van der Waals surface area contributed by atoms with Crippen molar-refractivity contribution in [3.63, 3.8) is 0 Å². The Labute approximate surface area is 293 Å². The van der Waals surface area contributed by atoms with Crippen LogP contribution in [0.25, 0.3) is 90.9 Å². The molecule has 7 nitrogen and oxygen atoms in total. The molecule has 0 saturated carbocycles. The number of nitro benzene ring substituents is 1. The molecule has 2 aliphatic rings. The van der Waals surface area contributed by atoms with Gasteiger partial charge < -0.3 is 9.97 Å². The van der Waals surface area contributed by atoms with Gasteiger partial charge in [-0.25, -0.2) is 9.97 Å². The van der Waals surface area contributed by atoms with Gasteiger partial charge in [0.1, 0.15) is 0 Å². The summed E-state index contributed by atoms with van der Waals surface area (Å²) in [5, 5.41) is 11.6. The van der Waals surface area contributed by atoms with Crippen LogP contribution < -0.4 is 0 Å². The molecule has 2 aliphatic heterocycles. The number of H-pyrrole nitrogens is 2. The standard InChI is InChI=1S/C44H29N5O2/c50-49(51)32-18-16-31(17-19-32)44-39-26-24-37(47-39)42(29-12-6-2-7-13-29)35-22-20-33(45-35)41(28-10-4-1-5-11-28)34-21-23-36(46-34)43(30-14-8-3-9-15-30)38-25-27-40(44)48-38/h1-27,45-46H. The van der Waals surface area contributed by atoms with Crippen LogP contribution in [0.3, 0.4) is 0 Å². The smallest absolute Gasteiger partial charge is 0.269 e. The summed E-state index contributed by atoms with van der Waals surface area (Å²) in [6.07, 6.45) is 8.08. The van der Waals surface area contributed by atoms with Crippen LogP contribution in [0.5, 0.6) is 0 Å². The molecule has 242 valence electrons. The van der Waals surface area contributed by atoms with Gasteiger partial charge in [0.15, 0.2) is 0 Å². The van der Waals surface area contributed by atoms with Crippen molar-refractivity contribution in [2.75, 3.05) is 0 Å². The van der Waals surface area contributed by atoms with E-state index in [0.29, 0.717) is 0 Å². The maximum Gasteiger partial charge on any atom is 0.269 e. The second-order valence-corrected chi connectivity index (χ2v) is 12.4. The number of rotatable bonds is 5. The van der Waals surface area contributed by atoms with Crippen LogP contribution in [0.1, 0.15) is 22.8 Å². The Morgan fingerprint density at radius 2 is 0.725 bits per heavy atom. The van der Waals surface area contributed by atoms with Crippen LogP contribution in [-0.2, 0) is 0 Å². The van der Waals surface area contributed by atoms with Gasteiger partial charge in [0, 0.05) is 56.5 Å². The van der Waals surface area contributed by atoms with Gasteiger partial charge in [0.05, 0.1) is 27.7 Å². The highest BCUT2D eigenvalue weighted by Crippen LogP contribution is 2.38. The number of nitrogens with one attached hydrogen (secondary N) is 2. The predicted molar refractivity (Wildman–Crippen MR) is 207 cm³/mol. The van der Waals surface area contributed by atoms with E-state index in [1.54, 1.807) is 12.1 Å². The summed E-state index contributed by atoms with van der Waals surface area (Å²) in [6.45, 7) is 0. The van der Waals surface area contributed by atoms with Crippen LogP contribution in [-0.4, -0.2) is 24.9 Å². The van der Waals surface area contributed by atoms with E-state index in [2.05, 4.69) is 82.8 Å². The van der Waals surface area contributed by atoms with Crippen LogP contribution in [0.4, 0.5) is 5.69 Å². The minimum atomic E-state index is -0.386. The van der Waals surface area contributed by atoms with Gasteiger partial charge in [-0.05, 0) is 83.0 Å². The molecule has 51 heavy (non-hydrogen) atoms. The van der Waals surface area contributed by atoms with Crippen molar-refractivity contribution in [2.24, 2.45) is 0 Å². The summed E-state index contributed by atoms with van der Waals surface area (Å²) in [6, 6.07) is 46.0. The van der Waals surface area contributed by atoms with Crippen LogP contribution >= 0.6 is 0 Å². The van der Waals surface area contributed by atoms with E-state index >= 15 is 0 Å². The largest absolute Gasteiger partial charge is 0.354 e. The van der Waals surface area contributed by atoms with E-state index in [4.69, 9.17) is 9.97 Å². The van der Waals surface area contributed by atoms with Crippen LogP contribution in [0.2, 0.25) is 0 Å². The zero-order chi connectivity index (χ0) is 34.3. The molecule has 4 aromatic carbocycles. The number of aromatic amines is 2. The number of benzene rings is 4. The fourth-order valence-corrected chi connectivity index (χ4v) is 6.98. The molecule has 0 saturated heterocycles. The summed E-state index contributed by atoms with van der Waals surface area (Å²) in [7, 11) is 0. The minimum absolute atomic E-state index is 0.0241. The number of aromatic nitrogens is 4. The van der Waals surface area contributed by atoms with Gasteiger partial charge in [-0.1, -0.05) is 91.0 Å². The Balaban J connectivity index is 1.46. The maximum atomic E-state index is 11.6. The first-order chi connectivity index (χ1) is 25.1. The maximum absolute atomic E-state index is 11.6. The monoisotopic (exact) mass is 659 g/mol. The number of fused-ring (bicyclic) bond motifs is 8. The fourth-order valence-electron chi connectivity index (χ4n) is 6.98. The first-order valence-electron chi connectivity index (χ1n) is 16.7. The molecule has 3 aromatic heterocycles. The lowest BCUT2D eigenvalue weighted by atomic mass is 10.0. The first-order valence-corrected chi connectivity index (χ1v) is 16.7. The summed E-state index contributed by atoms with van der Waals surface area (Å²) in [4.78, 5) is 29.2. The molecule has 0 aliphatic carbocycles. The molecule has 0 fully saturated rings. The molecule has 2 N–H and O–H groups in total. The molecule has 7 aromatic rings. The van der Waals surface area contributed by atoms with Gasteiger partial charge in [-0.15, -0.1) is 0 Å². The topological polar surface area (TPSA) is 100 Å². The molecule has 0 unspecified atom stereocenters. The lowest BCUT2D eigenvalue weighted by molar-refractivity contribution is -0.384. The van der Waals surface area contributed by atoms with Crippen molar-refractivity contribution in [3.8, 4) is 44.5 Å². The van der Waals surface area contributed by atoms with E-state index in [0.717, 1.165) is 89.4 Å². The molecule has 0 amide bonds. The Bertz CT molecular complexity index is 2550. The highest BCUT2D eigenvalue weighted by Gasteiger charge is 2.20. The number of hydrogen-bond donors (Lipinski definition) is 2. The van der Waals surface area contributed by atoms with Crippen molar-refractivity contribution in [2.45, 2.75) is 0 Å². The van der Waals surface area contributed by atoms with Gasteiger partial charge in [0.25, 0.3) is 5.69 Å². The summed E-state index contributed by atoms with van der Waals surface area (Å²) >= 11 is 0. The molecule has 0 radical (unpaired) electrons. The average molecular weight is 660 g/mol. The third-order valence-corrected chi connectivity index (χ3v) is 9.31. The van der Waals surface area contributed by atoms with Gasteiger partial charge in [-0.3, -0.25) is 10.1 Å². The SMILES string of the molecule is O=[N+]([O-])c1ccc(-c2c3nc(c(-c4ccccc4)c4ccc([nH]4)c(-c4ccccc4)c4ccc([nH]4)c(-c4ccccc4)c4nc2C=C4)C=C3)cc1. The molecule has 9 rings (SSSR count). The van der Waals surface area contributed by atoms with Gasteiger partial charge in [-0.2, -0.15) is 0 Å². The normalized spacial score (nSPS) is 11.9. The second kappa shape index (κ2) is 12.4. The van der Waals surface area contributed by atoms with Gasteiger partial charge in [0.2, 0.25) is 0 Å². The summed E-state index contributed by atoms with van der Waals surface area (Å²) in [5.74, 6) is 0. The van der Waals surface area contributed by atoms with E-state index in [-0.39, 0.29) is 10.6 Å². The average Bonchev–Trinajstić information content (AvgIpc) is 4.01. The summed E-state index contributed by atoms with van der Waals surface area (Å²) < 4.78 is 0. The number of nitro groups is 1. The zero-order valence-corrected chi connectivity index (χ0v) is 27.2. The quantitative estimate of drug-likeness (QED) is 0.142. The second-order valence-electron chi connectivity index (χ2n) is 12.4. The first kappa shape index (κ1) is 30.0. The van der Waals surface area contributed by atoms with Crippen molar-refractivity contribution in [1.29, 1.82) is 0 Å². The lowest BCUT2D eigenvalue weighted by Crippen LogP contribution is -1.92. The Morgan fingerprint density at radius 1 is 0.392 bits per heavy atom. The number of non-ortho nitro benzene ring substituents is 1. The summed E-state index contributed by atoms with van der Waals surface area (Å²) in [5.41, 5.74) is 14.5. The Kier molecular flexibility index (Phi) is 7.29. The minimum Gasteiger partial charge on any atom is -0.354 e. The highest BCUT2D eigenvalue weighted by atomic mass is 16.6. The molecular formula is C44H29N5O2. The molecule has 8 bridgehead atoms. The number of hydrogen-bond acceptors (Lipinski definition) is 4. The van der Waals surface area contributed by atoms with Crippen molar-refractivity contribution in [3.05, 3.63) is 172 Å². The molecule has 7 heteroatoms. The third kappa shape index (κ3) is 5.43. The molecule has 0 spiro atoms. The number of nitrogens with zero attached hydrogens (tertiary/aromatic N) is 3. The van der Waals surface area contributed by atoms with Crippen LogP contribution in [0, 0.1) is 10.1 Å². The molecular weight excluding hydrogens is 631 g/mol. The lowest BCUT2D eigenvalue weighted by Gasteiger charge is -2.07. The van der Waals surface area contributed by atoms with E-state index < -0.39 is 0 Å². The Morgan fingerprint density at radius 3 is 1.12 bits per heavy atom. The predicted octanol–water partition coefficient (Wildman–Crippen LogP) is 11.2. The zero-order valence-electron chi connectivity index (χ0n) is 27.2. The molecule has 0 atom stereocenters. The van der Waals surface area contributed by atoms with E-state index in [9.17, 15) is 10.1 Å². The third-order valence-electron chi connectivity index (χ3n) is 9.31. The fraction of sp³-hybridized carbons (Fsp3) is 0. The van der Waals surface area contributed by atoms with Crippen LogP contribution in [0.15, 0.2) is 140 Å². The van der Waals surface area contributed by atoms with E-state index in [1.807, 2.05) is 66.8 Å². The van der Waals surface area contributed by atoms with E-state index in [1.165, 1.54) is 12.1 Å². The van der Waals surface area contributed by atoms with Crippen molar-refractivity contribution < 1.29 is 4.92 Å². The van der Waals surface area contributed by atoms with Crippen molar-refractivity contribution >= 4 is 52.1 Å².